The molecule has 4 nitrogen and oxygen atoms in total. The van der Waals surface area contributed by atoms with Gasteiger partial charge in [0.25, 0.3) is 0 Å². The van der Waals surface area contributed by atoms with Crippen LogP contribution in [0.15, 0.2) is 42.7 Å². The lowest BCUT2D eigenvalue weighted by Crippen LogP contribution is -2.31. The number of fused-ring (bicyclic) bond motifs is 1. The number of rotatable bonds is 3. The predicted octanol–water partition coefficient (Wildman–Crippen LogP) is 2.59. The van der Waals surface area contributed by atoms with Crippen LogP contribution in [0, 0.1) is 0 Å². The second-order valence-electron chi connectivity index (χ2n) is 5.27. The van der Waals surface area contributed by atoms with Gasteiger partial charge in [0.2, 0.25) is 6.29 Å². The molecule has 0 unspecified atom stereocenters. The first-order chi connectivity index (χ1) is 9.05. The summed E-state index contributed by atoms with van der Waals surface area (Å²) in [7, 11) is 0. The predicted molar refractivity (Wildman–Crippen MR) is 69.1 cm³/mol. The van der Waals surface area contributed by atoms with Crippen molar-refractivity contribution in [1.82, 2.24) is 0 Å². The SMILES string of the molecule is C=C1O[C@@H]2OC(C)(C)O[C@@H]2[C@@H]1OCc1ccccc1. The minimum atomic E-state index is -0.635. The Morgan fingerprint density at radius 2 is 1.95 bits per heavy atom. The second kappa shape index (κ2) is 4.63. The van der Waals surface area contributed by atoms with Crippen LogP contribution in [-0.4, -0.2) is 24.3 Å². The summed E-state index contributed by atoms with van der Waals surface area (Å²) in [6, 6.07) is 9.99. The largest absolute Gasteiger partial charge is 0.464 e. The number of hydrogen-bond acceptors (Lipinski definition) is 4. The number of benzene rings is 1. The fraction of sp³-hybridized carbons (Fsp3) is 0.467. The van der Waals surface area contributed by atoms with Crippen LogP contribution >= 0.6 is 0 Å². The van der Waals surface area contributed by atoms with E-state index in [1.54, 1.807) is 0 Å². The summed E-state index contributed by atoms with van der Waals surface area (Å²) in [5.41, 5.74) is 1.11. The number of ether oxygens (including phenoxy) is 4. The average molecular weight is 262 g/mol. The molecule has 19 heavy (non-hydrogen) atoms. The Morgan fingerprint density at radius 3 is 2.68 bits per heavy atom. The van der Waals surface area contributed by atoms with Gasteiger partial charge in [0.1, 0.15) is 11.9 Å². The molecule has 102 valence electrons. The van der Waals surface area contributed by atoms with E-state index < -0.39 is 12.1 Å². The van der Waals surface area contributed by atoms with Crippen molar-refractivity contribution in [1.29, 1.82) is 0 Å². The highest BCUT2D eigenvalue weighted by Crippen LogP contribution is 2.39. The highest BCUT2D eigenvalue weighted by Gasteiger charge is 2.53. The Balaban J connectivity index is 1.66. The van der Waals surface area contributed by atoms with Crippen LogP contribution in [0.5, 0.6) is 0 Å². The van der Waals surface area contributed by atoms with Crippen LogP contribution in [0.25, 0.3) is 0 Å². The molecule has 0 aliphatic carbocycles. The summed E-state index contributed by atoms with van der Waals surface area (Å²) < 4.78 is 22.9. The smallest absolute Gasteiger partial charge is 0.231 e. The highest BCUT2D eigenvalue weighted by atomic mass is 16.8. The molecular weight excluding hydrogens is 244 g/mol. The van der Waals surface area contributed by atoms with E-state index in [0.29, 0.717) is 12.4 Å². The summed E-state index contributed by atoms with van der Waals surface area (Å²) in [5, 5.41) is 0. The van der Waals surface area contributed by atoms with E-state index in [4.69, 9.17) is 18.9 Å². The molecule has 2 heterocycles. The monoisotopic (exact) mass is 262 g/mol. The lowest BCUT2D eigenvalue weighted by molar-refractivity contribution is -0.191. The maximum Gasteiger partial charge on any atom is 0.231 e. The maximum atomic E-state index is 5.88. The summed E-state index contributed by atoms with van der Waals surface area (Å²) in [4.78, 5) is 0. The third kappa shape index (κ3) is 2.52. The Labute approximate surface area is 112 Å². The topological polar surface area (TPSA) is 36.9 Å². The molecule has 2 aliphatic heterocycles. The molecule has 0 bridgehead atoms. The zero-order valence-corrected chi connectivity index (χ0v) is 11.2. The standard InChI is InChI=1S/C15H18O4/c1-10-12(16-9-11-7-5-4-6-8-11)13-14(17-10)19-15(2,3)18-13/h4-8,12-14H,1,9H2,2-3H3/t12-,13-,14-/m1/s1. The van der Waals surface area contributed by atoms with Gasteiger partial charge in [-0.1, -0.05) is 36.9 Å². The summed E-state index contributed by atoms with van der Waals surface area (Å²) in [6.07, 6.45) is -0.943. The van der Waals surface area contributed by atoms with Crippen molar-refractivity contribution in [3.63, 3.8) is 0 Å². The van der Waals surface area contributed by atoms with Gasteiger partial charge in [0.05, 0.1) is 6.61 Å². The third-order valence-electron chi connectivity index (χ3n) is 3.24. The quantitative estimate of drug-likeness (QED) is 0.839. The molecule has 0 amide bonds. The van der Waals surface area contributed by atoms with Crippen LogP contribution in [0.3, 0.4) is 0 Å². The van der Waals surface area contributed by atoms with Gasteiger partial charge in [0.15, 0.2) is 11.9 Å². The zero-order chi connectivity index (χ0) is 13.5. The summed E-state index contributed by atoms with van der Waals surface area (Å²) >= 11 is 0. The van der Waals surface area contributed by atoms with E-state index in [0.717, 1.165) is 5.56 Å². The van der Waals surface area contributed by atoms with Crippen molar-refractivity contribution >= 4 is 0 Å². The van der Waals surface area contributed by atoms with Gasteiger partial charge in [-0.05, 0) is 19.4 Å². The van der Waals surface area contributed by atoms with Gasteiger partial charge in [-0.2, -0.15) is 0 Å². The molecule has 2 saturated heterocycles. The van der Waals surface area contributed by atoms with Gasteiger partial charge in [-0.25, -0.2) is 0 Å². The van der Waals surface area contributed by atoms with E-state index in [-0.39, 0.29) is 12.2 Å². The first-order valence-electron chi connectivity index (χ1n) is 6.42. The fourth-order valence-corrected chi connectivity index (χ4v) is 2.40. The first-order valence-corrected chi connectivity index (χ1v) is 6.42. The van der Waals surface area contributed by atoms with Crippen LogP contribution < -0.4 is 0 Å². The Kier molecular flexibility index (Phi) is 3.09. The molecule has 4 heteroatoms. The highest BCUT2D eigenvalue weighted by molar-refractivity contribution is 5.14. The minimum absolute atomic E-state index is 0.244. The average Bonchev–Trinajstić information content (AvgIpc) is 2.79. The van der Waals surface area contributed by atoms with Gasteiger partial charge in [-0.15, -0.1) is 0 Å². The van der Waals surface area contributed by atoms with E-state index >= 15 is 0 Å². The van der Waals surface area contributed by atoms with Crippen molar-refractivity contribution in [2.75, 3.05) is 0 Å². The Bertz CT molecular complexity index is 468. The first kappa shape index (κ1) is 12.7. The van der Waals surface area contributed by atoms with Crippen LogP contribution in [-0.2, 0) is 25.6 Å². The van der Waals surface area contributed by atoms with Gasteiger partial charge < -0.3 is 18.9 Å². The molecule has 2 fully saturated rings. The van der Waals surface area contributed by atoms with Crippen molar-refractivity contribution < 1.29 is 18.9 Å². The molecular formula is C15H18O4. The third-order valence-corrected chi connectivity index (χ3v) is 3.24. The molecule has 0 saturated carbocycles. The van der Waals surface area contributed by atoms with Gasteiger partial charge >= 0.3 is 0 Å². The molecule has 0 aromatic heterocycles. The van der Waals surface area contributed by atoms with Crippen molar-refractivity contribution in [2.24, 2.45) is 0 Å². The van der Waals surface area contributed by atoms with Crippen LogP contribution in [0.2, 0.25) is 0 Å². The second-order valence-corrected chi connectivity index (χ2v) is 5.27. The van der Waals surface area contributed by atoms with Gasteiger partial charge in [-0.3, -0.25) is 0 Å². The molecule has 3 rings (SSSR count). The Hall–Kier alpha value is -1.36. The molecule has 0 spiro atoms. The maximum absolute atomic E-state index is 5.88. The van der Waals surface area contributed by atoms with E-state index in [9.17, 15) is 0 Å². The molecule has 0 radical (unpaired) electrons. The normalized spacial score (nSPS) is 32.1. The molecule has 1 aromatic carbocycles. The van der Waals surface area contributed by atoms with Crippen molar-refractivity contribution in [3.05, 3.63) is 48.2 Å². The van der Waals surface area contributed by atoms with Crippen molar-refractivity contribution in [3.8, 4) is 0 Å². The van der Waals surface area contributed by atoms with Crippen molar-refractivity contribution in [2.45, 2.75) is 44.7 Å². The number of hydrogen-bond donors (Lipinski definition) is 0. The molecule has 2 aliphatic rings. The van der Waals surface area contributed by atoms with Crippen LogP contribution in [0.4, 0.5) is 0 Å². The Morgan fingerprint density at radius 1 is 1.21 bits per heavy atom. The fourth-order valence-electron chi connectivity index (χ4n) is 2.40. The molecule has 1 aromatic rings. The molecule has 0 N–H and O–H groups in total. The minimum Gasteiger partial charge on any atom is -0.464 e. The van der Waals surface area contributed by atoms with Crippen LogP contribution in [0.1, 0.15) is 19.4 Å². The van der Waals surface area contributed by atoms with E-state index in [1.165, 1.54) is 0 Å². The zero-order valence-electron chi connectivity index (χ0n) is 11.2. The summed E-state index contributed by atoms with van der Waals surface area (Å²) in [6.45, 7) is 8.11. The van der Waals surface area contributed by atoms with E-state index in [2.05, 4.69) is 6.58 Å². The molecule has 3 atom stereocenters. The van der Waals surface area contributed by atoms with Gasteiger partial charge in [0, 0.05) is 0 Å². The lowest BCUT2D eigenvalue weighted by Gasteiger charge is -2.21. The lowest BCUT2D eigenvalue weighted by atomic mass is 10.2. The summed E-state index contributed by atoms with van der Waals surface area (Å²) in [5.74, 6) is -0.0638. The van der Waals surface area contributed by atoms with E-state index in [1.807, 2.05) is 44.2 Å².